The zero-order chi connectivity index (χ0) is 77.9. The molecule has 0 fully saturated rings. The lowest BCUT2D eigenvalue weighted by Gasteiger charge is -2.18. The molecule has 2 N–H and O–H groups in total. The van der Waals surface area contributed by atoms with Gasteiger partial charge in [0.1, 0.15) is 22.3 Å². The number of furan rings is 2. The number of para-hydroxylation sites is 4. The number of rotatable bonds is 6. The van der Waals surface area contributed by atoms with Gasteiger partial charge < -0.3 is 18.9 Å². The first-order valence-electron chi connectivity index (χ1n) is 38.8. The van der Waals surface area contributed by atoms with Gasteiger partial charge in [0, 0.05) is 88.6 Å². The Hall–Kier alpha value is -10.9. The van der Waals surface area contributed by atoms with Crippen molar-refractivity contribution in [3.05, 3.63) is 320 Å². The van der Waals surface area contributed by atoms with Crippen molar-refractivity contribution in [2.45, 2.75) is 0 Å². The third kappa shape index (κ3) is 9.63. The molecule has 0 amide bonds. The van der Waals surface area contributed by atoms with Gasteiger partial charge >= 0.3 is 7.12 Å². The first kappa shape index (κ1) is 43.1. The molecule has 0 aliphatic rings. The van der Waals surface area contributed by atoms with Crippen molar-refractivity contribution >= 4 is 178 Å². The molecule has 0 unspecified atom stereocenters. The van der Waals surface area contributed by atoms with Crippen LogP contribution in [0.25, 0.3) is 183 Å². The van der Waals surface area contributed by atoms with E-state index < -0.39 is 55.5 Å². The van der Waals surface area contributed by atoms with Crippen molar-refractivity contribution in [1.29, 1.82) is 0 Å². The number of fused-ring (bicyclic) bond motifs is 16. The molecule has 4 aromatic heterocycles. The summed E-state index contributed by atoms with van der Waals surface area (Å²) in [6.07, 6.45) is 0. The molecule has 0 spiro atoms. The lowest BCUT2D eigenvalue weighted by molar-refractivity contribution is 0.426. The fraction of sp³-hybridized carbons (Fsp3) is 0. The highest BCUT2D eigenvalue weighted by Gasteiger charge is 2.22. The van der Waals surface area contributed by atoms with Crippen LogP contribution in [0.1, 0.15) is 21.9 Å². The van der Waals surface area contributed by atoms with E-state index in [1.165, 1.54) is 0 Å². The summed E-state index contributed by atoms with van der Waals surface area (Å²) in [5, 5.41) is 28.2. The zero-order valence-electron chi connectivity index (χ0n) is 66.3. The SMILES string of the molecule is OB(O)c1ccc(-c2cccc3c2oc2ccccc23)cc1.[2H]c1c([2H])c([2H])c2c(-c3cccc4c3sc3ccccc34)c3c([2H])c([2H])c([2H])c([2H])c3c(-c3ccc(-c4cccc5c4oc4ccccc45)cc3)c2c1[2H].[2H]c1c([2H])c([2H])c2c(-c3cccc4c3sc3ccccc34)c3c([2H])c([2H])c([2H])c([2H])c3c(Br)c2c1[2H]. The molecule has 452 valence electrons. The molecule has 16 aromatic carbocycles. The van der Waals surface area contributed by atoms with Crippen LogP contribution in [-0.4, -0.2) is 17.2 Å². The smallest absolute Gasteiger partial charge is 0.455 e. The van der Waals surface area contributed by atoms with E-state index >= 15 is 0 Å². The van der Waals surface area contributed by atoms with E-state index in [9.17, 15) is 15.5 Å². The zero-order valence-corrected chi connectivity index (χ0v) is 53.5. The monoisotopic (exact) mass is 1340 g/mol. The van der Waals surface area contributed by atoms with Gasteiger partial charge in [0.05, 0.1) is 21.9 Å². The van der Waals surface area contributed by atoms with Gasteiger partial charge in [-0.25, -0.2) is 0 Å². The minimum atomic E-state index is -1.45. The third-order valence-electron chi connectivity index (χ3n) is 17.8. The van der Waals surface area contributed by atoms with E-state index in [2.05, 4.69) is 28.1 Å². The van der Waals surface area contributed by atoms with E-state index in [-0.39, 0.29) is 95.9 Å². The molecule has 0 saturated heterocycles. The van der Waals surface area contributed by atoms with Crippen molar-refractivity contribution < 1.29 is 40.8 Å². The quantitative estimate of drug-likeness (QED) is 0.129. The van der Waals surface area contributed by atoms with Crippen LogP contribution >= 0.6 is 38.6 Å². The predicted octanol–water partition coefficient (Wildman–Crippen LogP) is 25.0. The van der Waals surface area contributed by atoms with Crippen LogP contribution in [0, 0.1) is 0 Å². The molecule has 0 aliphatic carbocycles. The second kappa shape index (κ2) is 23.8. The fourth-order valence-electron chi connectivity index (χ4n) is 13.5. The highest BCUT2D eigenvalue weighted by atomic mass is 79.9. The lowest BCUT2D eigenvalue weighted by Crippen LogP contribution is -2.29. The van der Waals surface area contributed by atoms with Gasteiger partial charge in [-0.1, -0.05) is 291 Å². The third-order valence-corrected chi connectivity index (χ3v) is 21.1. The maximum absolute atomic E-state index is 9.37. The van der Waals surface area contributed by atoms with Gasteiger partial charge in [-0.2, -0.15) is 0 Å². The van der Waals surface area contributed by atoms with Gasteiger partial charge in [0.15, 0.2) is 0 Å². The molecule has 0 radical (unpaired) electrons. The second-order valence-electron chi connectivity index (χ2n) is 23.1. The summed E-state index contributed by atoms with van der Waals surface area (Å²) in [6, 6.07) is 64.6. The summed E-state index contributed by atoms with van der Waals surface area (Å²) in [4.78, 5) is 0. The van der Waals surface area contributed by atoms with Crippen molar-refractivity contribution in [3.63, 3.8) is 0 Å². The Morgan fingerprint density at radius 2 is 0.615 bits per heavy atom. The molecular formula is C88H54BBrO4S2. The molecule has 96 heavy (non-hydrogen) atoms. The lowest BCUT2D eigenvalue weighted by atomic mass is 9.80. The molecule has 20 aromatic rings. The Labute approximate surface area is 591 Å². The molecule has 0 bridgehead atoms. The van der Waals surface area contributed by atoms with Crippen molar-refractivity contribution in [3.8, 4) is 55.6 Å². The Bertz CT molecular complexity index is 7310. The molecule has 4 heterocycles. The normalized spacial score (nSPS) is 14.0. The highest BCUT2D eigenvalue weighted by molar-refractivity contribution is 9.10. The van der Waals surface area contributed by atoms with Crippen LogP contribution in [0.15, 0.2) is 328 Å². The Morgan fingerprint density at radius 3 is 1.04 bits per heavy atom. The summed E-state index contributed by atoms with van der Waals surface area (Å²) < 4.78 is 157. The molecule has 0 saturated carbocycles. The number of hydrogen-bond donors (Lipinski definition) is 2. The average molecular weight is 1350 g/mol. The summed E-state index contributed by atoms with van der Waals surface area (Å²) in [5.41, 5.74) is 10.3. The van der Waals surface area contributed by atoms with Crippen molar-refractivity contribution in [2.75, 3.05) is 0 Å². The summed E-state index contributed by atoms with van der Waals surface area (Å²) in [5.74, 6) is 0. The maximum atomic E-state index is 9.37. The number of halogens is 1. The van der Waals surface area contributed by atoms with E-state index in [0.29, 0.717) is 38.8 Å². The summed E-state index contributed by atoms with van der Waals surface area (Å²) >= 11 is 6.55. The minimum absolute atomic E-state index is 0.187. The maximum Gasteiger partial charge on any atom is 0.488 e. The van der Waals surface area contributed by atoms with Gasteiger partial charge in [0.25, 0.3) is 0 Å². The van der Waals surface area contributed by atoms with E-state index in [1.807, 2.05) is 194 Å². The fourth-order valence-corrected chi connectivity index (χ4v) is 16.6. The molecule has 0 atom stereocenters. The first-order chi connectivity index (χ1) is 54.0. The molecule has 4 nitrogen and oxygen atoms in total. The van der Waals surface area contributed by atoms with Crippen LogP contribution in [0.2, 0.25) is 0 Å². The van der Waals surface area contributed by atoms with E-state index in [1.54, 1.807) is 34.8 Å². The Kier molecular flexibility index (Phi) is 10.7. The molecular weight excluding hydrogens is 1280 g/mol. The first-order valence-corrected chi connectivity index (χ1v) is 33.2. The summed E-state index contributed by atoms with van der Waals surface area (Å²) in [7, 11) is -1.45. The van der Waals surface area contributed by atoms with E-state index in [4.69, 9.17) is 25.3 Å². The molecule has 8 heteroatoms. The topological polar surface area (TPSA) is 66.7 Å². The molecule has 20 rings (SSSR count). The van der Waals surface area contributed by atoms with Gasteiger partial charge in [-0.05, 0) is 122 Å². The van der Waals surface area contributed by atoms with Gasteiger partial charge in [-0.15, -0.1) is 22.7 Å². The largest absolute Gasteiger partial charge is 0.488 e. The minimum Gasteiger partial charge on any atom is -0.455 e. The van der Waals surface area contributed by atoms with Crippen LogP contribution in [-0.2, 0) is 0 Å². The predicted molar refractivity (Wildman–Crippen MR) is 414 cm³/mol. The summed E-state index contributed by atoms with van der Waals surface area (Å²) in [6.45, 7) is 0. The van der Waals surface area contributed by atoms with E-state index in [0.717, 1.165) is 106 Å². The average Bonchev–Trinajstić information content (AvgIpc) is 0.969. The van der Waals surface area contributed by atoms with Crippen molar-refractivity contribution in [1.82, 2.24) is 0 Å². The van der Waals surface area contributed by atoms with Crippen LogP contribution < -0.4 is 5.46 Å². The van der Waals surface area contributed by atoms with Crippen LogP contribution in [0.4, 0.5) is 0 Å². The van der Waals surface area contributed by atoms with Gasteiger partial charge in [-0.3, -0.25) is 0 Å². The standard InChI is InChI=1S/C44H26OS.C26H15BrS.C18H13BO3/c1-3-15-34-32(13-1)41(28-25-23-27(24-26-28)29-17-9-18-36-30-11-5-7-21-39(30)45-43(29)36)33-14-2-4-16-35(33)42(34)38-20-10-19-37-31-12-6-8-22-40(31)46-44(37)38;27-25-19-11-3-1-9-17(19)24(18-10-2-4-12-20(18)25)22-14-7-13-21-16-8-5-6-15-23(16)28-26(21)22;20-19(21)13-10-8-12(9-11-13)14-5-3-6-16-15-4-1-2-7-17(15)22-18(14)16/h1-26H;1-15H;1-11,20-21H/i1D,2D,3D,4D,13D,14D,15D,16D;1D,2D,3D,4D,9D,10D,11D,12D;. The van der Waals surface area contributed by atoms with Crippen LogP contribution in [0.5, 0.6) is 0 Å². The molecule has 0 aliphatic heterocycles. The van der Waals surface area contributed by atoms with Crippen LogP contribution in [0.3, 0.4) is 0 Å². The number of thiophene rings is 2. The second-order valence-corrected chi connectivity index (χ2v) is 26.0. The van der Waals surface area contributed by atoms with Crippen molar-refractivity contribution in [2.24, 2.45) is 0 Å². The number of hydrogen-bond acceptors (Lipinski definition) is 6. The van der Waals surface area contributed by atoms with Gasteiger partial charge in [0.2, 0.25) is 0 Å². The number of benzene rings is 16. The Balaban J connectivity index is 0.000000129. The highest BCUT2D eigenvalue weighted by Crippen LogP contribution is 2.50. The Morgan fingerprint density at radius 1 is 0.292 bits per heavy atom.